The first-order valence-corrected chi connectivity index (χ1v) is 6.13. The van der Waals surface area contributed by atoms with Gasteiger partial charge >= 0.3 is 6.18 Å². The van der Waals surface area contributed by atoms with Crippen molar-refractivity contribution < 1.29 is 26.7 Å². The lowest BCUT2D eigenvalue weighted by Crippen LogP contribution is -2.21. The van der Waals surface area contributed by atoms with Gasteiger partial charge in [0.15, 0.2) is 11.6 Å². The minimum absolute atomic E-state index is 0.0154. The topological polar surface area (TPSA) is 29.1 Å². The predicted molar refractivity (Wildman–Crippen MR) is 68.6 cm³/mol. The fourth-order valence-electron chi connectivity index (χ4n) is 1.59. The number of carbonyl (C=O) groups excluding carboxylic acids is 1. The number of anilines is 1. The van der Waals surface area contributed by atoms with E-state index in [9.17, 15) is 26.7 Å². The molecule has 21 heavy (non-hydrogen) atoms. The number of rotatable bonds is 5. The van der Waals surface area contributed by atoms with E-state index in [2.05, 4.69) is 5.32 Å². The van der Waals surface area contributed by atoms with E-state index in [-0.39, 0.29) is 23.7 Å². The molecular formula is C14H14F5NO. The highest BCUT2D eigenvalue weighted by molar-refractivity contribution is 5.95. The van der Waals surface area contributed by atoms with Gasteiger partial charge in [0.05, 0.1) is 0 Å². The summed E-state index contributed by atoms with van der Waals surface area (Å²) in [5.41, 5.74) is 0.0501. The Morgan fingerprint density at radius 2 is 1.86 bits per heavy atom. The third-order valence-electron chi connectivity index (χ3n) is 2.44. The molecular weight excluding hydrogens is 293 g/mol. The summed E-state index contributed by atoms with van der Waals surface area (Å²) < 4.78 is 62.7. The first-order chi connectivity index (χ1) is 9.59. The Morgan fingerprint density at radius 1 is 1.24 bits per heavy atom. The fourth-order valence-corrected chi connectivity index (χ4v) is 1.59. The third kappa shape index (κ3) is 5.53. The van der Waals surface area contributed by atoms with Crippen LogP contribution in [-0.2, 0) is 4.79 Å². The molecule has 1 N–H and O–H groups in total. The molecule has 0 unspecified atom stereocenters. The van der Waals surface area contributed by atoms with Crippen LogP contribution in [0.3, 0.4) is 0 Å². The summed E-state index contributed by atoms with van der Waals surface area (Å²) in [6, 6.07) is 2.82. The zero-order valence-electron chi connectivity index (χ0n) is 11.4. The van der Waals surface area contributed by atoms with Crippen LogP contribution in [0.5, 0.6) is 0 Å². The van der Waals surface area contributed by atoms with Crippen molar-refractivity contribution in [2.24, 2.45) is 5.92 Å². The van der Waals surface area contributed by atoms with E-state index in [1.165, 1.54) is 6.07 Å². The number of halogens is 5. The summed E-state index contributed by atoms with van der Waals surface area (Å²) in [4.78, 5) is 11.0. The van der Waals surface area contributed by atoms with Crippen LogP contribution in [0, 0.1) is 17.6 Å². The Morgan fingerprint density at radius 3 is 2.33 bits per heavy atom. The van der Waals surface area contributed by atoms with Crippen LogP contribution in [0.15, 0.2) is 30.0 Å². The number of hydrogen-bond acceptors (Lipinski definition) is 2. The summed E-state index contributed by atoms with van der Waals surface area (Å²) in [5, 5.41) is 2.52. The standard InChI is InChI=1S/C14H14F5NO/c1-8(2)5-10(7-13(21)14(17,18)19)20-9-3-4-11(15)12(16)6-9/h3-4,6-8,20H,5H2,1-2H3/b10-7-. The van der Waals surface area contributed by atoms with E-state index in [0.717, 1.165) is 12.1 Å². The van der Waals surface area contributed by atoms with Gasteiger partial charge in [-0.15, -0.1) is 0 Å². The summed E-state index contributed by atoms with van der Waals surface area (Å²) in [6.45, 7) is 3.50. The highest BCUT2D eigenvalue weighted by Gasteiger charge is 2.36. The molecule has 116 valence electrons. The van der Waals surface area contributed by atoms with Gasteiger partial charge in [-0.05, 0) is 24.5 Å². The normalized spacial score (nSPS) is 12.7. The molecule has 1 aromatic rings. The molecule has 7 heteroatoms. The van der Waals surface area contributed by atoms with Gasteiger partial charge in [0.2, 0.25) is 0 Å². The van der Waals surface area contributed by atoms with Crippen molar-refractivity contribution >= 4 is 11.5 Å². The van der Waals surface area contributed by atoms with E-state index in [1.807, 2.05) is 0 Å². The molecule has 0 atom stereocenters. The molecule has 0 aromatic heterocycles. The Labute approximate surface area is 118 Å². The van der Waals surface area contributed by atoms with Crippen molar-refractivity contribution in [3.8, 4) is 0 Å². The zero-order valence-corrected chi connectivity index (χ0v) is 11.4. The first kappa shape index (κ1) is 17.1. The second-order valence-electron chi connectivity index (χ2n) is 4.88. The van der Waals surface area contributed by atoms with Crippen molar-refractivity contribution in [2.75, 3.05) is 5.32 Å². The van der Waals surface area contributed by atoms with Gasteiger partial charge in [-0.1, -0.05) is 13.8 Å². The minimum atomic E-state index is -4.97. The SMILES string of the molecule is CC(C)C/C(=C/C(=O)C(F)(F)F)Nc1ccc(F)c(F)c1. The van der Waals surface area contributed by atoms with Crippen molar-refractivity contribution in [1.29, 1.82) is 0 Å². The molecule has 0 aliphatic heterocycles. The number of ketones is 1. The number of benzene rings is 1. The van der Waals surface area contributed by atoms with Crippen LogP contribution in [0.4, 0.5) is 27.6 Å². The van der Waals surface area contributed by atoms with Gasteiger partial charge in [-0.2, -0.15) is 13.2 Å². The van der Waals surface area contributed by atoms with E-state index >= 15 is 0 Å². The van der Waals surface area contributed by atoms with Crippen molar-refractivity contribution in [1.82, 2.24) is 0 Å². The largest absolute Gasteiger partial charge is 0.454 e. The molecule has 0 saturated carbocycles. The Kier molecular flexibility index (Phi) is 5.46. The molecule has 0 aliphatic rings. The number of alkyl halides is 3. The summed E-state index contributed by atoms with van der Waals surface area (Å²) in [7, 11) is 0. The molecule has 0 heterocycles. The molecule has 0 saturated heterocycles. The minimum Gasteiger partial charge on any atom is -0.359 e. The quantitative estimate of drug-likeness (QED) is 0.643. The summed E-state index contributed by atoms with van der Waals surface area (Å²) in [6.07, 6.45) is -4.39. The smallest absolute Gasteiger partial charge is 0.359 e. The van der Waals surface area contributed by atoms with Crippen LogP contribution in [0.2, 0.25) is 0 Å². The Bertz CT molecular complexity index is 549. The second kappa shape index (κ2) is 6.69. The van der Waals surface area contributed by atoms with Gasteiger partial charge in [-0.25, -0.2) is 8.78 Å². The highest BCUT2D eigenvalue weighted by Crippen LogP contribution is 2.22. The van der Waals surface area contributed by atoms with E-state index in [1.54, 1.807) is 13.8 Å². The van der Waals surface area contributed by atoms with Crippen LogP contribution >= 0.6 is 0 Å². The molecule has 0 aliphatic carbocycles. The molecule has 0 fully saturated rings. The third-order valence-corrected chi connectivity index (χ3v) is 2.44. The van der Waals surface area contributed by atoms with Gasteiger partial charge in [0.1, 0.15) is 0 Å². The maximum Gasteiger partial charge on any atom is 0.454 e. The average Bonchev–Trinajstić information content (AvgIpc) is 2.31. The monoisotopic (exact) mass is 307 g/mol. The van der Waals surface area contributed by atoms with Crippen LogP contribution in [0.1, 0.15) is 20.3 Å². The first-order valence-electron chi connectivity index (χ1n) is 6.13. The van der Waals surface area contributed by atoms with Crippen molar-refractivity contribution in [2.45, 2.75) is 26.4 Å². The molecule has 2 nitrogen and oxygen atoms in total. The maximum absolute atomic E-state index is 13.1. The lowest BCUT2D eigenvalue weighted by atomic mass is 10.1. The molecule has 0 radical (unpaired) electrons. The summed E-state index contributed by atoms with van der Waals surface area (Å²) in [5.74, 6) is -4.24. The highest BCUT2D eigenvalue weighted by atomic mass is 19.4. The van der Waals surface area contributed by atoms with Crippen molar-refractivity contribution in [3.05, 3.63) is 41.6 Å². The number of allylic oxidation sites excluding steroid dienone is 2. The average molecular weight is 307 g/mol. The lowest BCUT2D eigenvalue weighted by Gasteiger charge is -2.14. The number of nitrogens with one attached hydrogen (secondary N) is 1. The van der Waals surface area contributed by atoms with Crippen LogP contribution in [-0.4, -0.2) is 12.0 Å². The fraction of sp³-hybridized carbons (Fsp3) is 0.357. The van der Waals surface area contributed by atoms with Crippen LogP contribution in [0.25, 0.3) is 0 Å². The number of hydrogen-bond donors (Lipinski definition) is 1. The lowest BCUT2D eigenvalue weighted by molar-refractivity contribution is -0.165. The molecule has 0 bridgehead atoms. The zero-order chi connectivity index (χ0) is 16.2. The van der Waals surface area contributed by atoms with E-state index in [4.69, 9.17) is 0 Å². The molecule has 0 spiro atoms. The summed E-state index contributed by atoms with van der Waals surface area (Å²) >= 11 is 0. The van der Waals surface area contributed by atoms with Gasteiger partial charge in [0.25, 0.3) is 5.78 Å². The second-order valence-corrected chi connectivity index (χ2v) is 4.88. The maximum atomic E-state index is 13.1. The Hall–Kier alpha value is -1.92. The molecule has 1 aromatic carbocycles. The van der Waals surface area contributed by atoms with Crippen LogP contribution < -0.4 is 5.32 Å². The van der Waals surface area contributed by atoms with E-state index < -0.39 is 23.6 Å². The number of carbonyl (C=O) groups is 1. The Balaban J connectivity index is 3.00. The predicted octanol–water partition coefficient (Wildman–Crippen LogP) is 4.44. The molecule has 1 rings (SSSR count). The van der Waals surface area contributed by atoms with E-state index in [0.29, 0.717) is 6.08 Å². The molecule has 0 amide bonds. The van der Waals surface area contributed by atoms with Gasteiger partial charge in [0, 0.05) is 23.5 Å². The van der Waals surface area contributed by atoms with Gasteiger partial charge < -0.3 is 5.32 Å². The van der Waals surface area contributed by atoms with Gasteiger partial charge in [-0.3, -0.25) is 4.79 Å². The van der Waals surface area contributed by atoms with Crippen molar-refractivity contribution in [3.63, 3.8) is 0 Å².